The lowest BCUT2D eigenvalue weighted by Crippen LogP contribution is -2.38. The summed E-state index contributed by atoms with van der Waals surface area (Å²) in [5.74, 6) is 0.0839. The molecule has 16 heavy (non-hydrogen) atoms. The molecular weight excluding hydrogens is 268 g/mol. The van der Waals surface area contributed by atoms with Gasteiger partial charge >= 0.3 is 0 Å². The van der Waals surface area contributed by atoms with Gasteiger partial charge in [-0.25, -0.2) is 0 Å². The second-order valence-corrected chi connectivity index (χ2v) is 4.96. The number of fused-ring (bicyclic) bond motifs is 1. The van der Waals surface area contributed by atoms with E-state index in [1.807, 2.05) is 0 Å². The van der Waals surface area contributed by atoms with Gasteiger partial charge in [0.25, 0.3) is 0 Å². The Balaban J connectivity index is 2.06. The average Bonchev–Trinajstić information content (AvgIpc) is 2.29. The smallest absolute Gasteiger partial charge is 0.233 e. The van der Waals surface area contributed by atoms with Crippen LogP contribution >= 0.6 is 15.9 Å². The maximum absolute atomic E-state index is 11.3. The largest absolute Gasteiger partial charge is 0.358 e. The van der Waals surface area contributed by atoms with Gasteiger partial charge in [0.1, 0.15) is 0 Å². The highest BCUT2D eigenvalue weighted by molar-refractivity contribution is 9.10. The Morgan fingerprint density at radius 1 is 1.50 bits per heavy atom. The number of likely N-dealkylation sites (N-methyl/N-ethyl adjacent to an activating group) is 1. The zero-order valence-corrected chi connectivity index (χ0v) is 10.9. The summed E-state index contributed by atoms with van der Waals surface area (Å²) in [4.78, 5) is 13.5. The molecule has 0 bridgehead atoms. The van der Waals surface area contributed by atoms with Gasteiger partial charge < -0.3 is 5.32 Å². The van der Waals surface area contributed by atoms with Crippen molar-refractivity contribution in [3.63, 3.8) is 0 Å². The summed E-state index contributed by atoms with van der Waals surface area (Å²) in [6, 6.07) is 6.37. The lowest BCUT2D eigenvalue weighted by molar-refractivity contribution is -0.121. The fourth-order valence-electron chi connectivity index (χ4n) is 2.00. The number of nitrogens with zero attached hydrogens (tertiary/aromatic N) is 1. The van der Waals surface area contributed by atoms with Crippen molar-refractivity contribution in [2.24, 2.45) is 0 Å². The molecule has 86 valence electrons. The molecule has 1 aliphatic heterocycles. The van der Waals surface area contributed by atoms with E-state index < -0.39 is 0 Å². The minimum Gasteiger partial charge on any atom is -0.358 e. The molecule has 1 amide bonds. The van der Waals surface area contributed by atoms with Crippen LogP contribution in [0.25, 0.3) is 0 Å². The molecule has 1 aromatic carbocycles. The van der Waals surface area contributed by atoms with Crippen LogP contribution in [0.4, 0.5) is 0 Å². The molecule has 3 nitrogen and oxygen atoms in total. The first-order valence-corrected chi connectivity index (χ1v) is 6.18. The second-order valence-electron chi connectivity index (χ2n) is 4.05. The van der Waals surface area contributed by atoms with Gasteiger partial charge in [-0.1, -0.05) is 22.0 Å². The Labute approximate surface area is 104 Å². The van der Waals surface area contributed by atoms with Gasteiger partial charge in [-0.05, 0) is 29.7 Å². The highest BCUT2D eigenvalue weighted by atomic mass is 79.9. The summed E-state index contributed by atoms with van der Waals surface area (Å²) >= 11 is 3.48. The van der Waals surface area contributed by atoms with Gasteiger partial charge in [0.05, 0.1) is 6.54 Å². The van der Waals surface area contributed by atoms with Crippen LogP contribution < -0.4 is 5.32 Å². The van der Waals surface area contributed by atoms with Crippen LogP contribution in [0.2, 0.25) is 0 Å². The Kier molecular flexibility index (Phi) is 3.61. The van der Waals surface area contributed by atoms with Gasteiger partial charge in [0.15, 0.2) is 0 Å². The molecule has 4 heteroatoms. The standard InChI is InChI=1S/C12H15BrN2O/c1-14-12(16)8-15-5-4-9-6-11(13)3-2-10(9)7-15/h2-3,6H,4-5,7-8H2,1H3,(H,14,16). The molecule has 0 aromatic heterocycles. The average molecular weight is 283 g/mol. The molecule has 0 saturated carbocycles. The number of amides is 1. The normalized spacial score (nSPS) is 15.6. The summed E-state index contributed by atoms with van der Waals surface area (Å²) < 4.78 is 1.13. The van der Waals surface area contributed by atoms with E-state index in [2.05, 4.69) is 44.3 Å². The third-order valence-electron chi connectivity index (χ3n) is 2.91. The number of rotatable bonds is 2. The van der Waals surface area contributed by atoms with Crippen LogP contribution in [0.5, 0.6) is 0 Å². The van der Waals surface area contributed by atoms with Crippen LogP contribution in [-0.2, 0) is 17.8 Å². The molecule has 0 unspecified atom stereocenters. The van der Waals surface area contributed by atoms with Crippen molar-refractivity contribution in [3.8, 4) is 0 Å². The molecule has 1 N–H and O–H groups in total. The van der Waals surface area contributed by atoms with Crippen molar-refractivity contribution in [1.82, 2.24) is 10.2 Å². The van der Waals surface area contributed by atoms with E-state index >= 15 is 0 Å². The Hall–Kier alpha value is -0.870. The number of nitrogens with one attached hydrogen (secondary N) is 1. The zero-order chi connectivity index (χ0) is 11.5. The van der Waals surface area contributed by atoms with Crippen LogP contribution in [0.3, 0.4) is 0 Å². The van der Waals surface area contributed by atoms with Crippen LogP contribution in [0.15, 0.2) is 22.7 Å². The van der Waals surface area contributed by atoms with Gasteiger partial charge in [-0.3, -0.25) is 9.69 Å². The highest BCUT2D eigenvalue weighted by Gasteiger charge is 2.17. The van der Waals surface area contributed by atoms with Crippen molar-refractivity contribution >= 4 is 21.8 Å². The minimum absolute atomic E-state index is 0.0839. The molecule has 0 aliphatic carbocycles. The second kappa shape index (κ2) is 4.97. The first-order valence-electron chi connectivity index (χ1n) is 5.39. The fourth-order valence-corrected chi connectivity index (χ4v) is 2.41. The minimum atomic E-state index is 0.0839. The topological polar surface area (TPSA) is 32.3 Å². The summed E-state index contributed by atoms with van der Waals surface area (Å²) in [7, 11) is 1.68. The van der Waals surface area contributed by atoms with Crippen molar-refractivity contribution in [2.45, 2.75) is 13.0 Å². The summed E-state index contributed by atoms with van der Waals surface area (Å²) in [6.45, 7) is 2.32. The Morgan fingerprint density at radius 2 is 2.31 bits per heavy atom. The van der Waals surface area contributed by atoms with E-state index in [9.17, 15) is 4.79 Å². The fraction of sp³-hybridized carbons (Fsp3) is 0.417. The van der Waals surface area contributed by atoms with Crippen molar-refractivity contribution in [1.29, 1.82) is 0 Å². The summed E-state index contributed by atoms with van der Waals surface area (Å²) in [5, 5.41) is 2.66. The van der Waals surface area contributed by atoms with Crippen LogP contribution in [0.1, 0.15) is 11.1 Å². The third-order valence-corrected chi connectivity index (χ3v) is 3.40. The van der Waals surface area contributed by atoms with E-state index in [1.54, 1.807) is 7.05 Å². The maximum atomic E-state index is 11.3. The Bertz CT molecular complexity index is 406. The predicted octanol–water partition coefficient (Wildman–Crippen LogP) is 1.55. The molecular formula is C12H15BrN2O. The van der Waals surface area contributed by atoms with Crippen molar-refractivity contribution < 1.29 is 4.79 Å². The molecule has 0 spiro atoms. The molecule has 0 fully saturated rings. The van der Waals surface area contributed by atoms with Gasteiger partial charge in [-0.2, -0.15) is 0 Å². The number of hydrogen-bond acceptors (Lipinski definition) is 2. The van der Waals surface area contributed by atoms with Gasteiger partial charge in [-0.15, -0.1) is 0 Å². The number of hydrogen-bond donors (Lipinski definition) is 1. The molecule has 1 heterocycles. The summed E-state index contributed by atoms with van der Waals surface area (Å²) in [6.07, 6.45) is 1.02. The monoisotopic (exact) mass is 282 g/mol. The molecule has 0 saturated heterocycles. The molecule has 0 radical (unpaired) electrons. The number of carbonyl (C=O) groups excluding carboxylic acids is 1. The van der Waals surface area contributed by atoms with E-state index in [4.69, 9.17) is 0 Å². The first kappa shape index (κ1) is 11.6. The van der Waals surface area contributed by atoms with Crippen LogP contribution in [0, 0.1) is 0 Å². The SMILES string of the molecule is CNC(=O)CN1CCc2cc(Br)ccc2C1. The quantitative estimate of drug-likeness (QED) is 0.893. The Morgan fingerprint density at radius 3 is 3.06 bits per heavy atom. The summed E-state index contributed by atoms with van der Waals surface area (Å²) in [5.41, 5.74) is 2.72. The van der Waals surface area contributed by atoms with E-state index in [1.165, 1.54) is 11.1 Å². The maximum Gasteiger partial charge on any atom is 0.233 e. The van der Waals surface area contributed by atoms with Crippen molar-refractivity contribution in [2.75, 3.05) is 20.1 Å². The van der Waals surface area contributed by atoms with E-state index in [0.29, 0.717) is 6.54 Å². The lowest BCUT2D eigenvalue weighted by atomic mass is 10.00. The zero-order valence-electron chi connectivity index (χ0n) is 9.29. The molecule has 1 aromatic rings. The first-order chi connectivity index (χ1) is 7.69. The number of halogens is 1. The highest BCUT2D eigenvalue weighted by Crippen LogP contribution is 2.22. The molecule has 0 atom stereocenters. The molecule has 1 aliphatic rings. The molecule has 2 rings (SSSR count). The third kappa shape index (κ3) is 2.62. The van der Waals surface area contributed by atoms with E-state index in [0.717, 1.165) is 24.0 Å². The van der Waals surface area contributed by atoms with Gasteiger partial charge in [0.2, 0.25) is 5.91 Å². The lowest BCUT2D eigenvalue weighted by Gasteiger charge is -2.28. The number of carbonyl (C=O) groups is 1. The van der Waals surface area contributed by atoms with Crippen molar-refractivity contribution in [3.05, 3.63) is 33.8 Å². The number of benzene rings is 1. The predicted molar refractivity (Wildman–Crippen MR) is 67.2 cm³/mol. The van der Waals surface area contributed by atoms with E-state index in [-0.39, 0.29) is 5.91 Å². The van der Waals surface area contributed by atoms with Gasteiger partial charge in [0, 0.05) is 24.6 Å². The van der Waals surface area contributed by atoms with Crippen LogP contribution in [-0.4, -0.2) is 30.9 Å².